The van der Waals surface area contributed by atoms with E-state index in [2.05, 4.69) is 19.2 Å². The van der Waals surface area contributed by atoms with Crippen molar-refractivity contribution in [3.8, 4) is 17.2 Å². The van der Waals surface area contributed by atoms with Crippen molar-refractivity contribution in [2.24, 2.45) is 13.0 Å². The minimum Gasteiger partial charge on any atom is -0.493 e. The Hall–Kier alpha value is -3.48. The topological polar surface area (TPSA) is 74.5 Å². The molecule has 3 rings (SSSR count). The Bertz CT molecular complexity index is 1110. The van der Waals surface area contributed by atoms with E-state index in [0.29, 0.717) is 35.3 Å². The molecule has 3 aromatic rings. The lowest BCUT2D eigenvalue weighted by Gasteiger charge is -2.13. The number of rotatable bonds is 8. The predicted molar refractivity (Wildman–Crippen MR) is 122 cm³/mol. The van der Waals surface area contributed by atoms with Gasteiger partial charge in [0.05, 0.1) is 25.1 Å². The van der Waals surface area contributed by atoms with Crippen LogP contribution < -0.4 is 20.3 Å². The van der Waals surface area contributed by atoms with Crippen molar-refractivity contribution >= 4 is 11.6 Å². The molecule has 1 amide bonds. The van der Waals surface area contributed by atoms with Gasteiger partial charge < -0.3 is 14.8 Å². The molecule has 0 fully saturated rings. The van der Waals surface area contributed by atoms with Gasteiger partial charge in [0.2, 0.25) is 0 Å². The third-order valence-electron chi connectivity index (χ3n) is 5.17. The maximum absolute atomic E-state index is 13.0. The van der Waals surface area contributed by atoms with E-state index in [-0.39, 0.29) is 11.2 Å². The Labute approximate surface area is 182 Å². The predicted octanol–water partition coefficient (Wildman–Crippen LogP) is 4.17. The largest absolute Gasteiger partial charge is 0.493 e. The van der Waals surface area contributed by atoms with Gasteiger partial charge in [0.1, 0.15) is 5.69 Å². The molecule has 164 valence electrons. The molecule has 0 aliphatic heterocycles. The Morgan fingerprint density at radius 2 is 1.81 bits per heavy atom. The number of hydrogen-bond donors (Lipinski definition) is 1. The molecule has 31 heavy (non-hydrogen) atoms. The number of benzene rings is 2. The average Bonchev–Trinajstić information content (AvgIpc) is 2.97. The fraction of sp³-hybridized carbons (Fsp3) is 0.333. The number of amides is 1. The van der Waals surface area contributed by atoms with E-state index in [1.54, 1.807) is 36.9 Å². The first-order valence-electron chi connectivity index (χ1n) is 10.3. The number of anilines is 1. The van der Waals surface area contributed by atoms with Crippen molar-refractivity contribution in [2.45, 2.75) is 27.2 Å². The van der Waals surface area contributed by atoms with Crippen LogP contribution in [-0.4, -0.2) is 29.0 Å². The summed E-state index contributed by atoms with van der Waals surface area (Å²) in [7, 11) is 3.32. The smallest absolute Gasteiger partial charge is 0.295 e. The van der Waals surface area contributed by atoms with Crippen molar-refractivity contribution in [2.75, 3.05) is 19.0 Å². The van der Waals surface area contributed by atoms with E-state index in [1.165, 1.54) is 11.8 Å². The van der Waals surface area contributed by atoms with E-state index in [4.69, 9.17) is 9.47 Å². The Morgan fingerprint density at radius 1 is 1.10 bits per heavy atom. The molecule has 0 saturated carbocycles. The third-order valence-corrected chi connectivity index (χ3v) is 5.17. The van der Waals surface area contributed by atoms with E-state index in [1.807, 2.05) is 30.3 Å². The van der Waals surface area contributed by atoms with Gasteiger partial charge >= 0.3 is 0 Å². The SMILES string of the molecule is COc1cc(C(=O)Nc2c(C)n(C)n(-c3ccccc3)c2=O)ccc1OCCC(C)C. The van der Waals surface area contributed by atoms with E-state index < -0.39 is 5.91 Å². The number of carbonyl (C=O) groups excluding carboxylic acids is 1. The van der Waals surface area contributed by atoms with E-state index in [9.17, 15) is 9.59 Å². The van der Waals surface area contributed by atoms with Gasteiger partial charge in [0, 0.05) is 12.6 Å². The minimum absolute atomic E-state index is 0.243. The van der Waals surface area contributed by atoms with Gasteiger partial charge in [0.25, 0.3) is 11.5 Å². The lowest BCUT2D eigenvalue weighted by atomic mass is 10.1. The van der Waals surface area contributed by atoms with Crippen LogP contribution in [0.5, 0.6) is 11.5 Å². The number of aromatic nitrogens is 2. The van der Waals surface area contributed by atoms with Gasteiger partial charge in [-0.3, -0.25) is 14.3 Å². The number of nitrogens with one attached hydrogen (secondary N) is 1. The minimum atomic E-state index is -0.391. The average molecular weight is 424 g/mol. The van der Waals surface area contributed by atoms with Crippen LogP contribution in [-0.2, 0) is 7.05 Å². The second-order valence-corrected chi connectivity index (χ2v) is 7.79. The zero-order valence-electron chi connectivity index (χ0n) is 18.6. The van der Waals surface area contributed by atoms with Crippen LogP contribution in [0.15, 0.2) is 53.3 Å². The monoisotopic (exact) mass is 423 g/mol. The number of hydrogen-bond acceptors (Lipinski definition) is 4. The highest BCUT2D eigenvalue weighted by molar-refractivity contribution is 6.04. The van der Waals surface area contributed by atoms with Crippen molar-refractivity contribution in [3.63, 3.8) is 0 Å². The Morgan fingerprint density at radius 3 is 2.45 bits per heavy atom. The molecule has 2 aromatic carbocycles. The summed E-state index contributed by atoms with van der Waals surface area (Å²) in [5.41, 5.74) is 1.71. The first-order valence-corrected chi connectivity index (χ1v) is 10.3. The number of carbonyl (C=O) groups is 1. The molecule has 1 N–H and O–H groups in total. The highest BCUT2D eigenvalue weighted by atomic mass is 16.5. The summed E-state index contributed by atoms with van der Waals surface area (Å²) < 4.78 is 14.4. The number of methoxy groups -OCH3 is 1. The maximum Gasteiger partial charge on any atom is 0.295 e. The molecular formula is C24H29N3O4. The van der Waals surface area contributed by atoms with Gasteiger partial charge in [0.15, 0.2) is 11.5 Å². The normalized spacial score (nSPS) is 10.9. The van der Waals surface area contributed by atoms with Crippen molar-refractivity contribution in [1.29, 1.82) is 0 Å². The molecule has 0 saturated heterocycles. The molecule has 1 aromatic heterocycles. The quantitative estimate of drug-likeness (QED) is 0.590. The summed E-state index contributed by atoms with van der Waals surface area (Å²) in [6, 6.07) is 14.3. The molecule has 0 aliphatic carbocycles. The molecule has 7 nitrogen and oxygen atoms in total. The maximum atomic E-state index is 13.0. The first kappa shape index (κ1) is 22.2. The highest BCUT2D eigenvalue weighted by Crippen LogP contribution is 2.29. The van der Waals surface area contributed by atoms with Crippen LogP contribution in [0.2, 0.25) is 0 Å². The van der Waals surface area contributed by atoms with Crippen molar-refractivity contribution in [3.05, 3.63) is 70.1 Å². The van der Waals surface area contributed by atoms with Crippen LogP contribution in [0.1, 0.15) is 36.3 Å². The zero-order valence-corrected chi connectivity index (χ0v) is 18.6. The number of nitrogens with zero attached hydrogens (tertiary/aromatic N) is 2. The Kier molecular flexibility index (Phi) is 6.84. The summed E-state index contributed by atoms with van der Waals surface area (Å²) in [6.45, 7) is 6.63. The number of para-hydroxylation sites is 1. The van der Waals surface area contributed by atoms with Crippen LogP contribution in [0.25, 0.3) is 5.69 Å². The molecule has 0 bridgehead atoms. The van der Waals surface area contributed by atoms with E-state index >= 15 is 0 Å². The molecule has 0 unspecified atom stereocenters. The van der Waals surface area contributed by atoms with Crippen LogP contribution in [0.3, 0.4) is 0 Å². The summed E-state index contributed by atoms with van der Waals surface area (Å²) >= 11 is 0. The summed E-state index contributed by atoms with van der Waals surface area (Å²) in [6.07, 6.45) is 0.923. The van der Waals surface area contributed by atoms with Gasteiger partial charge in [-0.05, 0) is 49.6 Å². The fourth-order valence-electron chi connectivity index (χ4n) is 3.23. The standard InChI is InChI=1S/C24H29N3O4/c1-16(2)13-14-31-20-12-11-18(15-21(20)30-5)23(28)25-22-17(3)26(4)27(24(22)29)19-9-7-6-8-10-19/h6-12,15-16H,13-14H2,1-5H3,(H,25,28). The van der Waals surface area contributed by atoms with Gasteiger partial charge in [-0.1, -0.05) is 32.0 Å². The van der Waals surface area contributed by atoms with E-state index in [0.717, 1.165) is 12.1 Å². The van der Waals surface area contributed by atoms with Gasteiger partial charge in [-0.15, -0.1) is 0 Å². The molecular weight excluding hydrogens is 394 g/mol. The van der Waals surface area contributed by atoms with Crippen LogP contribution in [0, 0.1) is 12.8 Å². The first-order chi connectivity index (χ1) is 14.8. The zero-order chi connectivity index (χ0) is 22.5. The second-order valence-electron chi connectivity index (χ2n) is 7.79. The van der Waals surface area contributed by atoms with Crippen molar-refractivity contribution < 1.29 is 14.3 Å². The summed E-state index contributed by atoms with van der Waals surface area (Å²) in [4.78, 5) is 25.9. The lowest BCUT2D eigenvalue weighted by molar-refractivity contribution is 0.102. The summed E-state index contributed by atoms with van der Waals surface area (Å²) in [5.74, 6) is 1.20. The molecule has 0 atom stereocenters. The Balaban J connectivity index is 1.84. The third kappa shape index (κ3) is 4.82. The van der Waals surface area contributed by atoms with Crippen LogP contribution in [0.4, 0.5) is 5.69 Å². The lowest BCUT2D eigenvalue weighted by Crippen LogP contribution is -2.23. The molecule has 0 aliphatic rings. The molecule has 1 heterocycles. The van der Waals surface area contributed by atoms with Gasteiger partial charge in [-0.25, -0.2) is 4.68 Å². The molecule has 0 radical (unpaired) electrons. The van der Waals surface area contributed by atoms with Crippen molar-refractivity contribution in [1.82, 2.24) is 9.36 Å². The van der Waals surface area contributed by atoms with Crippen LogP contribution >= 0.6 is 0 Å². The second kappa shape index (κ2) is 9.55. The highest BCUT2D eigenvalue weighted by Gasteiger charge is 2.19. The van der Waals surface area contributed by atoms with Gasteiger partial charge in [-0.2, -0.15) is 0 Å². The molecule has 7 heteroatoms. The fourth-order valence-corrected chi connectivity index (χ4v) is 3.23. The molecule has 0 spiro atoms. The number of ether oxygens (including phenoxy) is 2. The summed E-state index contributed by atoms with van der Waals surface area (Å²) in [5, 5.41) is 2.77.